The Morgan fingerprint density at radius 3 is 2.21 bits per heavy atom. The van der Waals surface area contributed by atoms with E-state index in [0.29, 0.717) is 6.42 Å². The average Bonchev–Trinajstić information content (AvgIpc) is 3.11. The third kappa shape index (κ3) is 3.93. The number of carbonyl (C=O) groups is 2. The van der Waals surface area contributed by atoms with Gasteiger partial charge in [-0.25, -0.2) is 0 Å². The number of nitrogens with one attached hydrogen (secondary N) is 1. The minimum absolute atomic E-state index is 0.0275. The first-order valence-corrected chi connectivity index (χ1v) is 9.64. The van der Waals surface area contributed by atoms with E-state index in [1.807, 2.05) is 9.80 Å². The molecule has 136 valence electrons. The Balaban J connectivity index is 1.62. The van der Waals surface area contributed by atoms with Crippen molar-refractivity contribution in [3.63, 3.8) is 0 Å². The van der Waals surface area contributed by atoms with Crippen LogP contribution in [0.2, 0.25) is 0 Å². The number of amides is 2. The lowest BCUT2D eigenvalue weighted by Crippen LogP contribution is -2.48. The van der Waals surface area contributed by atoms with Gasteiger partial charge in [-0.1, -0.05) is 20.8 Å². The first-order chi connectivity index (χ1) is 11.3. The number of rotatable bonds is 2. The molecule has 3 saturated heterocycles. The summed E-state index contributed by atoms with van der Waals surface area (Å²) in [5, 5.41) is 3.48. The molecule has 1 unspecified atom stereocenters. The SMILES string of the molecule is CC(C)(C)CC(=O)N1CCCC1C(=O)N1CC[C@@H]2CNC[C@@H]2CC1. The quantitative estimate of drug-likeness (QED) is 0.838. The zero-order valence-electron chi connectivity index (χ0n) is 15.5. The van der Waals surface area contributed by atoms with Gasteiger partial charge in [-0.05, 0) is 56.0 Å². The monoisotopic (exact) mass is 335 g/mol. The number of likely N-dealkylation sites (tertiary alicyclic amines) is 2. The van der Waals surface area contributed by atoms with Crippen molar-refractivity contribution >= 4 is 11.8 Å². The molecule has 3 rings (SSSR count). The van der Waals surface area contributed by atoms with Gasteiger partial charge in [-0.15, -0.1) is 0 Å². The van der Waals surface area contributed by atoms with Crippen molar-refractivity contribution < 1.29 is 9.59 Å². The van der Waals surface area contributed by atoms with Crippen LogP contribution in [0.5, 0.6) is 0 Å². The highest BCUT2D eigenvalue weighted by Gasteiger charge is 2.39. The maximum Gasteiger partial charge on any atom is 0.245 e. The van der Waals surface area contributed by atoms with Crippen LogP contribution in [0.1, 0.15) is 52.9 Å². The van der Waals surface area contributed by atoms with Crippen molar-refractivity contribution in [2.45, 2.75) is 58.9 Å². The van der Waals surface area contributed by atoms with Crippen molar-refractivity contribution in [3.05, 3.63) is 0 Å². The molecule has 0 bridgehead atoms. The summed E-state index contributed by atoms with van der Waals surface area (Å²) in [4.78, 5) is 29.6. The Kier molecular flexibility index (Phi) is 5.19. The van der Waals surface area contributed by atoms with Crippen LogP contribution in [0, 0.1) is 17.3 Å². The van der Waals surface area contributed by atoms with Crippen LogP contribution in [-0.2, 0) is 9.59 Å². The van der Waals surface area contributed by atoms with Crippen LogP contribution in [-0.4, -0.2) is 60.4 Å². The molecule has 3 aliphatic heterocycles. The fraction of sp³-hybridized carbons (Fsp3) is 0.895. The first-order valence-electron chi connectivity index (χ1n) is 9.64. The zero-order chi connectivity index (χ0) is 17.3. The zero-order valence-corrected chi connectivity index (χ0v) is 15.5. The fourth-order valence-electron chi connectivity index (χ4n) is 4.53. The van der Waals surface area contributed by atoms with E-state index in [9.17, 15) is 9.59 Å². The predicted octanol–water partition coefficient (Wildman–Crippen LogP) is 1.87. The van der Waals surface area contributed by atoms with Crippen LogP contribution < -0.4 is 5.32 Å². The number of nitrogens with zero attached hydrogens (tertiary/aromatic N) is 2. The molecule has 0 saturated carbocycles. The van der Waals surface area contributed by atoms with Gasteiger partial charge in [0.1, 0.15) is 6.04 Å². The van der Waals surface area contributed by atoms with Gasteiger partial charge in [-0.2, -0.15) is 0 Å². The summed E-state index contributed by atoms with van der Waals surface area (Å²) in [5.41, 5.74) is -0.0275. The van der Waals surface area contributed by atoms with Gasteiger partial charge in [0.25, 0.3) is 0 Å². The van der Waals surface area contributed by atoms with E-state index in [0.717, 1.165) is 70.2 Å². The molecule has 5 heteroatoms. The molecule has 1 N–H and O–H groups in total. The molecule has 24 heavy (non-hydrogen) atoms. The predicted molar refractivity (Wildman–Crippen MR) is 94.5 cm³/mol. The summed E-state index contributed by atoms with van der Waals surface area (Å²) < 4.78 is 0. The first kappa shape index (κ1) is 17.7. The van der Waals surface area contributed by atoms with Gasteiger partial charge < -0.3 is 15.1 Å². The molecule has 3 aliphatic rings. The van der Waals surface area contributed by atoms with Gasteiger partial charge in [0.05, 0.1) is 0 Å². The van der Waals surface area contributed by atoms with Gasteiger partial charge in [0.15, 0.2) is 0 Å². The molecule has 0 spiro atoms. The Labute approximate surface area is 146 Å². The number of fused-ring (bicyclic) bond motifs is 1. The van der Waals surface area contributed by atoms with Crippen LogP contribution in [0.4, 0.5) is 0 Å². The van der Waals surface area contributed by atoms with Gasteiger partial charge in [0.2, 0.25) is 11.8 Å². The second-order valence-corrected chi connectivity index (χ2v) is 9.06. The molecule has 3 fully saturated rings. The Morgan fingerprint density at radius 1 is 1.00 bits per heavy atom. The van der Waals surface area contributed by atoms with E-state index >= 15 is 0 Å². The molecule has 5 nitrogen and oxygen atoms in total. The highest BCUT2D eigenvalue weighted by atomic mass is 16.2. The summed E-state index contributed by atoms with van der Waals surface area (Å²) in [5.74, 6) is 1.80. The number of hydrogen-bond acceptors (Lipinski definition) is 3. The summed E-state index contributed by atoms with van der Waals surface area (Å²) in [7, 11) is 0. The Bertz CT molecular complexity index is 471. The molecule has 0 aromatic heterocycles. The number of hydrogen-bond donors (Lipinski definition) is 1. The molecule has 3 atom stereocenters. The topological polar surface area (TPSA) is 52.7 Å². The Hall–Kier alpha value is -1.10. The summed E-state index contributed by atoms with van der Waals surface area (Å²) in [6.07, 6.45) is 4.51. The molecule has 0 aliphatic carbocycles. The highest BCUT2D eigenvalue weighted by Crippen LogP contribution is 2.29. The second-order valence-electron chi connectivity index (χ2n) is 9.06. The van der Waals surface area contributed by atoms with E-state index in [1.54, 1.807) is 0 Å². The third-order valence-electron chi connectivity index (χ3n) is 5.87. The summed E-state index contributed by atoms with van der Waals surface area (Å²) in [6, 6.07) is -0.212. The highest BCUT2D eigenvalue weighted by molar-refractivity contribution is 5.88. The van der Waals surface area contributed by atoms with Crippen molar-refractivity contribution in [1.29, 1.82) is 0 Å². The molecule has 2 amide bonds. The number of carbonyl (C=O) groups excluding carboxylic acids is 2. The minimum Gasteiger partial charge on any atom is -0.341 e. The largest absolute Gasteiger partial charge is 0.341 e. The normalized spacial score (nSPS) is 31.0. The minimum atomic E-state index is -0.212. The lowest BCUT2D eigenvalue weighted by molar-refractivity contribution is -0.144. The fourth-order valence-corrected chi connectivity index (χ4v) is 4.53. The van der Waals surface area contributed by atoms with E-state index < -0.39 is 0 Å². The smallest absolute Gasteiger partial charge is 0.245 e. The van der Waals surface area contributed by atoms with E-state index in [4.69, 9.17) is 0 Å². The van der Waals surface area contributed by atoms with Crippen LogP contribution in [0.3, 0.4) is 0 Å². The molecule has 3 heterocycles. The van der Waals surface area contributed by atoms with Crippen molar-refractivity contribution in [2.24, 2.45) is 17.3 Å². The van der Waals surface area contributed by atoms with E-state index in [2.05, 4.69) is 26.1 Å². The van der Waals surface area contributed by atoms with E-state index in [-0.39, 0.29) is 23.3 Å². The van der Waals surface area contributed by atoms with Crippen molar-refractivity contribution in [1.82, 2.24) is 15.1 Å². The maximum atomic E-state index is 13.1. The van der Waals surface area contributed by atoms with Gasteiger partial charge in [-0.3, -0.25) is 9.59 Å². The maximum absolute atomic E-state index is 13.1. The molecule has 0 aromatic carbocycles. The second kappa shape index (κ2) is 7.03. The van der Waals surface area contributed by atoms with E-state index in [1.165, 1.54) is 0 Å². The van der Waals surface area contributed by atoms with Crippen molar-refractivity contribution in [2.75, 3.05) is 32.7 Å². The lowest BCUT2D eigenvalue weighted by Gasteiger charge is -2.31. The molecule has 0 radical (unpaired) electrons. The summed E-state index contributed by atoms with van der Waals surface area (Å²) >= 11 is 0. The standard InChI is InChI=1S/C19H33N3O2/c1-19(2,3)11-17(23)22-8-4-5-16(22)18(24)21-9-6-14-12-20-13-15(14)7-10-21/h14-16,20H,4-13H2,1-3H3/t14-,15+,16?. The average molecular weight is 335 g/mol. The van der Waals surface area contributed by atoms with Crippen LogP contribution in [0.15, 0.2) is 0 Å². The van der Waals surface area contributed by atoms with Gasteiger partial charge in [0, 0.05) is 26.1 Å². The van der Waals surface area contributed by atoms with Crippen LogP contribution >= 0.6 is 0 Å². The van der Waals surface area contributed by atoms with Crippen molar-refractivity contribution in [3.8, 4) is 0 Å². The molecular formula is C19H33N3O2. The van der Waals surface area contributed by atoms with Crippen LogP contribution in [0.25, 0.3) is 0 Å². The van der Waals surface area contributed by atoms with Gasteiger partial charge >= 0.3 is 0 Å². The lowest BCUT2D eigenvalue weighted by atomic mass is 9.91. The molecular weight excluding hydrogens is 302 g/mol. The molecule has 0 aromatic rings. The Morgan fingerprint density at radius 2 is 1.62 bits per heavy atom. The third-order valence-corrected chi connectivity index (χ3v) is 5.87. The summed E-state index contributed by atoms with van der Waals surface area (Å²) in [6.45, 7) is 10.9.